The lowest BCUT2D eigenvalue weighted by atomic mass is 10.1. The van der Waals surface area contributed by atoms with Crippen molar-refractivity contribution in [3.8, 4) is 5.75 Å². The van der Waals surface area contributed by atoms with Crippen LogP contribution in [-0.2, 0) is 4.79 Å². The number of ether oxygens (including phenoxy) is 1. The lowest BCUT2D eigenvalue weighted by Crippen LogP contribution is -2.41. The van der Waals surface area contributed by atoms with Crippen molar-refractivity contribution in [3.63, 3.8) is 0 Å². The Labute approximate surface area is 163 Å². The second-order valence-electron chi connectivity index (χ2n) is 6.23. The normalized spacial score (nSPS) is 11.4. The highest BCUT2D eigenvalue weighted by molar-refractivity contribution is 6.09. The molecule has 2 rings (SSSR count). The minimum atomic E-state index is -1.08. The highest BCUT2D eigenvalue weighted by Crippen LogP contribution is 2.18. The van der Waals surface area contributed by atoms with Crippen molar-refractivity contribution >= 4 is 23.5 Å². The molecule has 0 unspecified atom stereocenters. The lowest BCUT2D eigenvalue weighted by molar-refractivity contribution is -0.139. The molecule has 2 amide bonds. The van der Waals surface area contributed by atoms with Gasteiger partial charge < -0.3 is 20.5 Å². The Morgan fingerprint density at radius 3 is 2.32 bits per heavy atom. The molecule has 7 nitrogen and oxygen atoms in total. The van der Waals surface area contributed by atoms with Crippen LogP contribution in [0.1, 0.15) is 46.9 Å². The van der Waals surface area contributed by atoms with Crippen LogP contribution in [-0.4, -0.2) is 36.0 Å². The van der Waals surface area contributed by atoms with Gasteiger partial charge >= 0.3 is 5.97 Å². The van der Waals surface area contributed by atoms with Crippen molar-refractivity contribution in [2.45, 2.75) is 32.2 Å². The standard InChI is InChI=1S/C21H24N2O5/c1-3-4-8-18(21(26)27)23-20(25)16-7-5-6-9-17(16)22-19(24)14-10-12-15(28-2)13-11-14/h5-7,9-13,18H,3-4,8H2,1-2H3,(H,22,24)(H,23,25)(H,26,27)/t18-/m0/s1. The number of hydrogen-bond donors (Lipinski definition) is 3. The van der Waals surface area contributed by atoms with Crippen molar-refractivity contribution < 1.29 is 24.2 Å². The number of nitrogens with one attached hydrogen (secondary N) is 2. The van der Waals surface area contributed by atoms with Crippen LogP contribution in [0.4, 0.5) is 5.69 Å². The van der Waals surface area contributed by atoms with Gasteiger partial charge in [0.15, 0.2) is 0 Å². The molecule has 2 aromatic rings. The molecule has 0 aliphatic heterocycles. The summed E-state index contributed by atoms with van der Waals surface area (Å²) >= 11 is 0. The molecule has 0 aromatic heterocycles. The molecule has 148 valence electrons. The van der Waals surface area contributed by atoms with E-state index >= 15 is 0 Å². The van der Waals surface area contributed by atoms with Crippen molar-refractivity contribution in [3.05, 3.63) is 59.7 Å². The number of carboxylic acid groups (broad SMARTS) is 1. The maximum absolute atomic E-state index is 12.6. The van der Waals surface area contributed by atoms with Crippen LogP contribution in [0.2, 0.25) is 0 Å². The second kappa shape index (κ2) is 10.1. The van der Waals surface area contributed by atoms with E-state index in [0.29, 0.717) is 29.8 Å². The Kier molecular flexibility index (Phi) is 7.56. The number of unbranched alkanes of at least 4 members (excludes halogenated alkanes) is 1. The monoisotopic (exact) mass is 384 g/mol. The maximum Gasteiger partial charge on any atom is 0.326 e. The van der Waals surface area contributed by atoms with Gasteiger partial charge in [-0.1, -0.05) is 31.9 Å². The molecule has 0 fully saturated rings. The average Bonchev–Trinajstić information content (AvgIpc) is 2.71. The molecule has 7 heteroatoms. The van der Waals surface area contributed by atoms with Crippen molar-refractivity contribution in [1.29, 1.82) is 0 Å². The first-order chi connectivity index (χ1) is 13.5. The van der Waals surface area contributed by atoms with Gasteiger partial charge in [-0.25, -0.2) is 4.79 Å². The molecule has 3 N–H and O–H groups in total. The molecule has 28 heavy (non-hydrogen) atoms. The van der Waals surface area contributed by atoms with Gasteiger partial charge in [0.25, 0.3) is 11.8 Å². The smallest absolute Gasteiger partial charge is 0.326 e. The number of anilines is 1. The summed E-state index contributed by atoms with van der Waals surface area (Å²) in [4.78, 5) is 36.5. The number of carbonyl (C=O) groups excluding carboxylic acids is 2. The fraction of sp³-hybridized carbons (Fsp3) is 0.286. The van der Waals surface area contributed by atoms with E-state index in [1.165, 1.54) is 13.2 Å². The largest absolute Gasteiger partial charge is 0.497 e. The number of methoxy groups -OCH3 is 1. The minimum Gasteiger partial charge on any atom is -0.497 e. The summed E-state index contributed by atoms with van der Waals surface area (Å²) in [5, 5.41) is 14.5. The molecule has 0 radical (unpaired) electrons. The highest BCUT2D eigenvalue weighted by Gasteiger charge is 2.22. The van der Waals surface area contributed by atoms with E-state index in [1.807, 2.05) is 6.92 Å². The van der Waals surface area contributed by atoms with E-state index in [-0.39, 0.29) is 11.5 Å². The van der Waals surface area contributed by atoms with Gasteiger partial charge in [0.05, 0.1) is 18.4 Å². The molecule has 2 aromatic carbocycles. The van der Waals surface area contributed by atoms with E-state index in [9.17, 15) is 19.5 Å². The predicted octanol–water partition coefficient (Wildman–Crippen LogP) is 3.32. The van der Waals surface area contributed by atoms with E-state index in [1.54, 1.807) is 42.5 Å². The number of benzene rings is 2. The van der Waals surface area contributed by atoms with Crippen LogP contribution in [0.5, 0.6) is 5.75 Å². The van der Waals surface area contributed by atoms with Gasteiger partial charge in [0, 0.05) is 5.56 Å². The second-order valence-corrected chi connectivity index (χ2v) is 6.23. The highest BCUT2D eigenvalue weighted by atomic mass is 16.5. The molecule has 1 atom stereocenters. The van der Waals surface area contributed by atoms with Crippen LogP contribution >= 0.6 is 0 Å². The fourth-order valence-corrected chi connectivity index (χ4v) is 2.63. The predicted molar refractivity (Wildman–Crippen MR) is 106 cm³/mol. The van der Waals surface area contributed by atoms with Gasteiger partial charge in [0.2, 0.25) is 0 Å². The number of aliphatic carboxylic acids is 1. The first-order valence-electron chi connectivity index (χ1n) is 9.04. The van der Waals surface area contributed by atoms with E-state index in [2.05, 4.69) is 10.6 Å². The Morgan fingerprint density at radius 1 is 1.04 bits per heavy atom. The lowest BCUT2D eigenvalue weighted by Gasteiger charge is -2.16. The van der Waals surface area contributed by atoms with E-state index in [0.717, 1.165) is 6.42 Å². The van der Waals surface area contributed by atoms with Crippen LogP contribution in [0, 0.1) is 0 Å². The van der Waals surface area contributed by atoms with Crippen LogP contribution in [0.25, 0.3) is 0 Å². The topological polar surface area (TPSA) is 105 Å². The van der Waals surface area contributed by atoms with Crippen LogP contribution in [0.3, 0.4) is 0 Å². The third kappa shape index (κ3) is 5.57. The molecular formula is C21H24N2O5. The number of carboxylic acids is 1. The van der Waals surface area contributed by atoms with Gasteiger partial charge in [-0.15, -0.1) is 0 Å². The number of rotatable bonds is 9. The Bertz CT molecular complexity index is 833. The maximum atomic E-state index is 12.6. The van der Waals surface area contributed by atoms with Gasteiger partial charge in [-0.3, -0.25) is 9.59 Å². The summed E-state index contributed by atoms with van der Waals surface area (Å²) in [6, 6.07) is 12.1. The van der Waals surface area contributed by atoms with Gasteiger partial charge in [0.1, 0.15) is 11.8 Å². The molecule has 0 bridgehead atoms. The summed E-state index contributed by atoms with van der Waals surface area (Å²) in [6.45, 7) is 1.95. The quantitative estimate of drug-likeness (QED) is 0.615. The Balaban J connectivity index is 2.15. The number of para-hydroxylation sites is 1. The number of amides is 2. The first kappa shape index (κ1) is 21.0. The molecule has 0 aliphatic rings. The molecular weight excluding hydrogens is 360 g/mol. The fourth-order valence-electron chi connectivity index (χ4n) is 2.63. The number of carbonyl (C=O) groups is 3. The van der Waals surface area contributed by atoms with E-state index in [4.69, 9.17) is 4.74 Å². The Hall–Kier alpha value is -3.35. The summed E-state index contributed by atoms with van der Waals surface area (Å²) < 4.78 is 5.07. The zero-order valence-electron chi connectivity index (χ0n) is 15.9. The third-order valence-corrected chi connectivity index (χ3v) is 4.22. The van der Waals surface area contributed by atoms with Gasteiger partial charge in [-0.05, 0) is 42.8 Å². The molecule has 0 aliphatic carbocycles. The molecule has 0 saturated carbocycles. The zero-order chi connectivity index (χ0) is 20.5. The number of hydrogen-bond acceptors (Lipinski definition) is 4. The third-order valence-electron chi connectivity index (χ3n) is 4.22. The first-order valence-corrected chi connectivity index (χ1v) is 9.04. The summed E-state index contributed by atoms with van der Waals surface area (Å²) in [5.41, 5.74) is 0.912. The van der Waals surface area contributed by atoms with Crippen LogP contribution < -0.4 is 15.4 Å². The SMILES string of the molecule is CCCC[C@H](NC(=O)c1ccccc1NC(=O)c1ccc(OC)cc1)C(=O)O. The Morgan fingerprint density at radius 2 is 1.71 bits per heavy atom. The van der Waals surface area contributed by atoms with Crippen molar-refractivity contribution in [2.75, 3.05) is 12.4 Å². The summed E-state index contributed by atoms with van der Waals surface area (Å²) in [6.07, 6.45) is 1.86. The van der Waals surface area contributed by atoms with Crippen LogP contribution in [0.15, 0.2) is 48.5 Å². The molecule has 0 spiro atoms. The minimum absolute atomic E-state index is 0.201. The molecule has 0 heterocycles. The zero-order valence-corrected chi connectivity index (χ0v) is 15.9. The summed E-state index contributed by atoms with van der Waals surface area (Å²) in [7, 11) is 1.54. The average molecular weight is 384 g/mol. The van der Waals surface area contributed by atoms with Crippen molar-refractivity contribution in [1.82, 2.24) is 5.32 Å². The summed E-state index contributed by atoms with van der Waals surface area (Å²) in [5.74, 6) is -1.39. The van der Waals surface area contributed by atoms with Gasteiger partial charge in [-0.2, -0.15) is 0 Å². The molecule has 0 saturated heterocycles. The van der Waals surface area contributed by atoms with E-state index < -0.39 is 17.9 Å². The van der Waals surface area contributed by atoms with Crippen molar-refractivity contribution in [2.24, 2.45) is 0 Å².